The number of aryl methyl sites for hydroxylation is 2. The number of ether oxygens (including phenoxy) is 2. The molecule has 2 N–H and O–H groups in total. The van der Waals surface area contributed by atoms with Crippen molar-refractivity contribution in [2.45, 2.75) is 26.7 Å². The lowest BCUT2D eigenvalue weighted by Gasteiger charge is -2.07. The first-order valence-corrected chi connectivity index (χ1v) is 11.2. The van der Waals surface area contributed by atoms with Crippen molar-refractivity contribution in [3.05, 3.63) is 71.0 Å². The minimum Gasteiger partial charge on any atom is -0.504 e. The quantitative estimate of drug-likeness (QED) is 0.322. The largest absolute Gasteiger partial charge is 0.504 e. The fourth-order valence-electron chi connectivity index (χ4n) is 2.89. The summed E-state index contributed by atoms with van der Waals surface area (Å²) in [5.74, 6) is 3.33. The number of benzene rings is 2. The second-order valence-electron chi connectivity index (χ2n) is 7.33. The maximum absolute atomic E-state index is 9.30. The highest BCUT2D eigenvalue weighted by molar-refractivity contribution is 5.68. The maximum Gasteiger partial charge on any atom is 0.250 e. The topological polar surface area (TPSA) is 137 Å². The molecule has 0 spiro atoms. The van der Waals surface area contributed by atoms with E-state index in [1.165, 1.54) is 12.1 Å². The normalized spacial score (nSPS) is 11.0. The van der Waals surface area contributed by atoms with E-state index in [1.807, 2.05) is 38.1 Å². The van der Waals surface area contributed by atoms with Crippen LogP contribution in [0.3, 0.4) is 0 Å². The van der Waals surface area contributed by atoms with Crippen LogP contribution in [0.4, 0.5) is 0 Å². The molecule has 2 aromatic carbocycles. The molecule has 36 heavy (non-hydrogen) atoms. The van der Waals surface area contributed by atoms with Crippen molar-refractivity contribution in [3.63, 3.8) is 0 Å². The van der Waals surface area contributed by atoms with Gasteiger partial charge in [-0.05, 0) is 47.5 Å². The first-order chi connectivity index (χ1) is 17.4. The van der Waals surface area contributed by atoms with Crippen molar-refractivity contribution in [2.24, 2.45) is 0 Å². The van der Waals surface area contributed by atoms with Crippen LogP contribution >= 0.6 is 0 Å². The number of methoxy groups -OCH3 is 2. The summed E-state index contributed by atoms with van der Waals surface area (Å²) < 4.78 is 20.5. The second-order valence-corrected chi connectivity index (χ2v) is 7.33. The Bertz CT molecular complexity index is 1330. The van der Waals surface area contributed by atoms with E-state index in [9.17, 15) is 5.11 Å². The van der Waals surface area contributed by atoms with Gasteiger partial charge in [-0.1, -0.05) is 36.3 Å². The molecule has 2 aromatic heterocycles. The van der Waals surface area contributed by atoms with Crippen molar-refractivity contribution in [3.8, 4) is 23.0 Å². The highest BCUT2D eigenvalue weighted by Crippen LogP contribution is 2.28. The molecule has 0 saturated carbocycles. The van der Waals surface area contributed by atoms with E-state index in [4.69, 9.17) is 23.6 Å². The van der Waals surface area contributed by atoms with E-state index in [2.05, 4.69) is 20.3 Å². The Labute approximate surface area is 208 Å². The second kappa shape index (κ2) is 12.7. The molecule has 0 amide bonds. The maximum atomic E-state index is 9.30. The summed E-state index contributed by atoms with van der Waals surface area (Å²) >= 11 is 0. The monoisotopic (exact) mass is 492 g/mol. The molecule has 0 radical (unpaired) electrons. The fourth-order valence-corrected chi connectivity index (χ4v) is 2.89. The van der Waals surface area contributed by atoms with Gasteiger partial charge in [-0.15, -0.1) is 0 Å². The molecular weight excluding hydrogens is 464 g/mol. The summed E-state index contributed by atoms with van der Waals surface area (Å²) in [5.41, 5.74) is 1.70. The van der Waals surface area contributed by atoms with Crippen molar-refractivity contribution < 1.29 is 28.7 Å². The Balaban J connectivity index is 0.000000202. The molecule has 0 fully saturated rings. The number of phenols is 2. The lowest BCUT2D eigenvalue weighted by atomic mass is 10.2. The summed E-state index contributed by atoms with van der Waals surface area (Å²) in [4.78, 5) is 8.31. The molecule has 0 unspecified atom stereocenters. The predicted molar refractivity (Wildman–Crippen MR) is 135 cm³/mol. The Hall–Kier alpha value is -4.60. The molecule has 0 atom stereocenters. The third-order valence-electron chi connectivity index (χ3n) is 4.84. The van der Waals surface area contributed by atoms with E-state index in [0.717, 1.165) is 24.0 Å². The Kier molecular flexibility index (Phi) is 9.21. The van der Waals surface area contributed by atoms with Gasteiger partial charge in [0, 0.05) is 25.0 Å². The van der Waals surface area contributed by atoms with Gasteiger partial charge in [-0.25, -0.2) is 0 Å². The van der Waals surface area contributed by atoms with Crippen LogP contribution < -0.4 is 9.47 Å². The van der Waals surface area contributed by atoms with Gasteiger partial charge < -0.3 is 28.7 Å². The van der Waals surface area contributed by atoms with Crippen molar-refractivity contribution >= 4 is 24.3 Å². The van der Waals surface area contributed by atoms with Crippen molar-refractivity contribution in [1.82, 2.24) is 20.3 Å². The van der Waals surface area contributed by atoms with Gasteiger partial charge in [0.2, 0.25) is 0 Å². The molecule has 188 valence electrons. The van der Waals surface area contributed by atoms with Crippen LogP contribution in [0.5, 0.6) is 23.0 Å². The molecule has 10 heteroatoms. The fraction of sp³-hybridized carbons (Fsp3) is 0.231. The molecule has 10 nitrogen and oxygen atoms in total. The molecule has 0 aliphatic carbocycles. The van der Waals surface area contributed by atoms with Gasteiger partial charge in [0.15, 0.2) is 34.6 Å². The summed E-state index contributed by atoms with van der Waals surface area (Å²) in [6, 6.07) is 10.2. The third-order valence-corrected chi connectivity index (χ3v) is 4.84. The molecule has 4 aromatic rings. The van der Waals surface area contributed by atoms with Crippen LogP contribution in [-0.2, 0) is 12.8 Å². The molecule has 2 heterocycles. The average Bonchev–Trinajstić information content (AvgIpc) is 3.57. The first kappa shape index (κ1) is 26.0. The molecule has 0 bridgehead atoms. The van der Waals surface area contributed by atoms with Gasteiger partial charge in [-0.2, -0.15) is 9.97 Å². The lowest BCUT2D eigenvalue weighted by molar-refractivity contribution is 0.355. The Morgan fingerprint density at radius 3 is 1.69 bits per heavy atom. The number of aromatic hydroxyl groups is 2. The van der Waals surface area contributed by atoms with Gasteiger partial charge in [0.25, 0.3) is 11.8 Å². The van der Waals surface area contributed by atoms with Gasteiger partial charge in [-0.3, -0.25) is 0 Å². The Morgan fingerprint density at radius 1 is 0.694 bits per heavy atom. The minimum absolute atomic E-state index is 0.145. The summed E-state index contributed by atoms with van der Waals surface area (Å²) in [5, 5.41) is 26.0. The highest BCUT2D eigenvalue weighted by atomic mass is 16.5. The minimum atomic E-state index is -0.160. The first-order valence-electron chi connectivity index (χ1n) is 11.2. The number of phenolic OH excluding ortho intramolecular Hbond substituents is 2. The number of hydrogen-bond acceptors (Lipinski definition) is 10. The zero-order valence-corrected chi connectivity index (χ0v) is 20.5. The van der Waals surface area contributed by atoms with E-state index in [1.54, 1.807) is 38.5 Å². The predicted octanol–water partition coefficient (Wildman–Crippen LogP) is 5.03. The van der Waals surface area contributed by atoms with Crippen LogP contribution in [0.1, 0.15) is 48.4 Å². The zero-order chi connectivity index (χ0) is 25.9. The summed E-state index contributed by atoms with van der Waals surface area (Å²) in [6.07, 6.45) is 8.50. The van der Waals surface area contributed by atoms with E-state index >= 15 is 0 Å². The lowest BCUT2D eigenvalue weighted by Crippen LogP contribution is -1.90. The summed E-state index contributed by atoms with van der Waals surface area (Å²) in [7, 11) is 3.22. The Morgan fingerprint density at radius 2 is 1.22 bits per heavy atom. The van der Waals surface area contributed by atoms with Gasteiger partial charge >= 0.3 is 0 Å². The van der Waals surface area contributed by atoms with E-state index in [0.29, 0.717) is 34.9 Å². The van der Waals surface area contributed by atoms with E-state index < -0.39 is 0 Å². The van der Waals surface area contributed by atoms with Crippen LogP contribution in [0.2, 0.25) is 0 Å². The molecule has 0 saturated heterocycles. The van der Waals surface area contributed by atoms with Crippen LogP contribution in [0.15, 0.2) is 45.4 Å². The highest BCUT2D eigenvalue weighted by Gasteiger charge is 2.04. The molecule has 4 rings (SSSR count). The zero-order valence-electron chi connectivity index (χ0n) is 20.5. The standard InChI is InChI=1S/C14H16N2O3.C12H12N2O3/c1-4-13-15-14(19-16-13)8-6-10-5-7-11(17-2)12(9-10)18-3;1-2-11-13-12(17-14-11)6-4-8-3-5-9(15)10(16)7-8/h5-9H,4H2,1-3H3;3-7,15-16H,2H2,1H3. The number of nitrogens with zero attached hydrogens (tertiary/aromatic N) is 4. The van der Waals surface area contributed by atoms with Gasteiger partial charge in [0.1, 0.15) is 0 Å². The molecule has 0 aliphatic rings. The SMILES string of the molecule is CCc1noc(C=Cc2ccc(O)c(O)c2)n1.CCc1noc(C=Cc2ccc(OC)c(OC)c2)n1. The molecule has 0 aliphatic heterocycles. The number of hydrogen-bond donors (Lipinski definition) is 2. The van der Waals surface area contributed by atoms with Crippen LogP contribution in [-0.4, -0.2) is 44.7 Å². The third kappa shape index (κ3) is 7.20. The van der Waals surface area contributed by atoms with E-state index in [-0.39, 0.29) is 11.5 Å². The number of aromatic nitrogens is 4. The average molecular weight is 493 g/mol. The van der Waals surface area contributed by atoms with Crippen molar-refractivity contribution in [1.29, 1.82) is 0 Å². The molecular formula is C26H28N4O6. The van der Waals surface area contributed by atoms with Crippen LogP contribution in [0, 0.1) is 0 Å². The number of rotatable bonds is 8. The van der Waals surface area contributed by atoms with Crippen molar-refractivity contribution in [2.75, 3.05) is 14.2 Å². The summed E-state index contributed by atoms with van der Waals surface area (Å²) in [6.45, 7) is 3.92. The van der Waals surface area contributed by atoms with Crippen LogP contribution in [0.25, 0.3) is 24.3 Å². The van der Waals surface area contributed by atoms with Gasteiger partial charge in [0.05, 0.1) is 14.2 Å². The smallest absolute Gasteiger partial charge is 0.250 e.